The quantitative estimate of drug-likeness (QED) is 0.435. The average molecular weight is 146 g/mol. The molecular weight excluding hydrogens is 140 g/mol. The van der Waals surface area contributed by atoms with Gasteiger partial charge in [-0.3, -0.25) is 9.59 Å². The SMILES string of the molecule is CC(=O)N([O-])N([O-])C(C)=O. The molecule has 0 atom stereocenters. The molecule has 0 fully saturated rings. The van der Waals surface area contributed by atoms with E-state index in [0.717, 1.165) is 13.8 Å². The van der Waals surface area contributed by atoms with Crippen LogP contribution in [0.4, 0.5) is 0 Å². The van der Waals surface area contributed by atoms with Crippen molar-refractivity contribution < 1.29 is 9.59 Å². The fourth-order valence-electron chi connectivity index (χ4n) is 0.256. The van der Waals surface area contributed by atoms with Gasteiger partial charge in [-0.25, -0.2) is 0 Å². The highest BCUT2D eigenvalue weighted by atomic mass is 16.7. The third kappa shape index (κ3) is 2.00. The summed E-state index contributed by atoms with van der Waals surface area (Å²) in [6.07, 6.45) is 0. The summed E-state index contributed by atoms with van der Waals surface area (Å²) in [7, 11) is 0. The Morgan fingerprint density at radius 3 is 1.30 bits per heavy atom. The van der Waals surface area contributed by atoms with Crippen molar-refractivity contribution in [2.45, 2.75) is 13.8 Å². The van der Waals surface area contributed by atoms with Crippen LogP contribution in [0.25, 0.3) is 0 Å². The maximum Gasteiger partial charge on any atom is 0.227 e. The number of rotatable bonds is 0. The second kappa shape index (κ2) is 3.14. The van der Waals surface area contributed by atoms with Crippen molar-refractivity contribution in [3.8, 4) is 0 Å². The van der Waals surface area contributed by atoms with Gasteiger partial charge in [-0.1, -0.05) is 0 Å². The van der Waals surface area contributed by atoms with Gasteiger partial charge >= 0.3 is 0 Å². The lowest BCUT2D eigenvalue weighted by molar-refractivity contribution is -0.149. The van der Waals surface area contributed by atoms with E-state index >= 15 is 0 Å². The molecule has 0 radical (unpaired) electrons. The van der Waals surface area contributed by atoms with Gasteiger partial charge in [-0.15, -0.1) is 0 Å². The van der Waals surface area contributed by atoms with Crippen LogP contribution >= 0.6 is 0 Å². The number of carbonyl (C=O) groups excluding carboxylic acids is 2. The molecule has 0 unspecified atom stereocenters. The molecule has 0 rings (SSSR count). The first-order valence-corrected chi connectivity index (χ1v) is 2.42. The molecular formula is C4H6N2O4-2. The Hall–Kier alpha value is -1.14. The summed E-state index contributed by atoms with van der Waals surface area (Å²) in [5.41, 5.74) is 0. The summed E-state index contributed by atoms with van der Waals surface area (Å²) in [4.78, 5) is 20.2. The van der Waals surface area contributed by atoms with Crippen LogP contribution in [0.15, 0.2) is 0 Å². The maximum absolute atomic E-state index is 10.2. The van der Waals surface area contributed by atoms with Crippen LogP contribution in [-0.4, -0.2) is 22.2 Å². The summed E-state index contributed by atoms with van der Waals surface area (Å²) in [5.74, 6) is -2.05. The van der Waals surface area contributed by atoms with Crippen LogP contribution in [0.3, 0.4) is 0 Å². The Balaban J connectivity index is 4.07. The topological polar surface area (TPSA) is 86.7 Å². The molecule has 2 amide bonds. The van der Waals surface area contributed by atoms with Gasteiger partial charge in [0.1, 0.15) is 0 Å². The van der Waals surface area contributed by atoms with E-state index in [0.29, 0.717) is 0 Å². The monoisotopic (exact) mass is 146 g/mol. The van der Waals surface area contributed by atoms with Crippen LogP contribution in [-0.2, 0) is 9.59 Å². The van der Waals surface area contributed by atoms with Crippen LogP contribution in [0.2, 0.25) is 0 Å². The Bertz CT molecular complexity index is 139. The largest absolute Gasteiger partial charge is 0.737 e. The lowest BCUT2D eigenvalue weighted by Crippen LogP contribution is -2.40. The summed E-state index contributed by atoms with van der Waals surface area (Å²) in [6.45, 7) is 1.78. The second-order valence-corrected chi connectivity index (χ2v) is 1.58. The van der Waals surface area contributed by atoms with E-state index in [4.69, 9.17) is 0 Å². The lowest BCUT2D eigenvalue weighted by Gasteiger charge is -2.42. The summed E-state index contributed by atoms with van der Waals surface area (Å²) in [5, 5.41) is 19.4. The first kappa shape index (κ1) is 8.86. The first-order valence-electron chi connectivity index (χ1n) is 2.42. The van der Waals surface area contributed by atoms with E-state index in [2.05, 4.69) is 0 Å². The molecule has 0 spiro atoms. The van der Waals surface area contributed by atoms with Crippen LogP contribution in [0.1, 0.15) is 13.8 Å². The summed E-state index contributed by atoms with van der Waals surface area (Å²) < 4.78 is 0. The zero-order valence-corrected chi connectivity index (χ0v) is 5.53. The first-order chi connectivity index (χ1) is 4.46. The Morgan fingerprint density at radius 2 is 1.20 bits per heavy atom. The van der Waals surface area contributed by atoms with E-state index in [1.807, 2.05) is 0 Å². The fourth-order valence-corrected chi connectivity index (χ4v) is 0.256. The van der Waals surface area contributed by atoms with E-state index < -0.39 is 22.2 Å². The van der Waals surface area contributed by atoms with Crippen molar-refractivity contribution in [2.75, 3.05) is 0 Å². The van der Waals surface area contributed by atoms with Gasteiger partial charge in [0.25, 0.3) is 0 Å². The van der Waals surface area contributed by atoms with E-state index in [1.54, 1.807) is 0 Å². The molecule has 0 heterocycles. The predicted molar refractivity (Wildman–Crippen MR) is 31.8 cm³/mol. The van der Waals surface area contributed by atoms with Crippen molar-refractivity contribution in [2.24, 2.45) is 0 Å². The number of hydrazine groups is 1. The number of carbonyl (C=O) groups is 2. The Morgan fingerprint density at radius 1 is 1.00 bits per heavy atom. The minimum atomic E-state index is -1.02. The molecule has 6 nitrogen and oxygen atoms in total. The number of amides is 2. The Labute approximate surface area is 57.1 Å². The predicted octanol–water partition coefficient (Wildman–Crippen LogP) is -0.406. The van der Waals surface area contributed by atoms with Crippen LogP contribution < -0.4 is 0 Å². The van der Waals surface area contributed by atoms with Gasteiger partial charge in [0.15, 0.2) is 0 Å². The smallest absolute Gasteiger partial charge is 0.227 e. The van der Waals surface area contributed by atoms with Crippen molar-refractivity contribution in [1.29, 1.82) is 0 Å². The molecule has 0 saturated heterocycles. The summed E-state index contributed by atoms with van der Waals surface area (Å²) >= 11 is 0. The van der Waals surface area contributed by atoms with Crippen molar-refractivity contribution in [3.05, 3.63) is 10.4 Å². The molecule has 0 aliphatic rings. The van der Waals surface area contributed by atoms with Gasteiger partial charge in [0, 0.05) is 13.8 Å². The van der Waals surface area contributed by atoms with Gasteiger partial charge in [-0.2, -0.15) is 0 Å². The van der Waals surface area contributed by atoms with Crippen LogP contribution in [0, 0.1) is 10.4 Å². The molecule has 0 aromatic heterocycles. The third-order valence-electron chi connectivity index (χ3n) is 0.704. The number of hydrogen-bond acceptors (Lipinski definition) is 4. The minimum absolute atomic E-state index is 0.553. The molecule has 10 heavy (non-hydrogen) atoms. The molecule has 0 saturated carbocycles. The normalized spacial score (nSPS) is 8.80. The van der Waals surface area contributed by atoms with Gasteiger partial charge in [-0.05, 0) is 0 Å². The summed E-state index contributed by atoms with van der Waals surface area (Å²) in [6, 6.07) is 0. The van der Waals surface area contributed by atoms with Gasteiger partial charge < -0.3 is 20.8 Å². The number of hydrogen-bond donors (Lipinski definition) is 0. The van der Waals surface area contributed by atoms with Crippen molar-refractivity contribution in [1.82, 2.24) is 10.3 Å². The van der Waals surface area contributed by atoms with E-state index in [1.165, 1.54) is 0 Å². The second-order valence-electron chi connectivity index (χ2n) is 1.58. The molecule has 0 N–H and O–H groups in total. The van der Waals surface area contributed by atoms with Gasteiger partial charge in [0.05, 0.1) is 0 Å². The van der Waals surface area contributed by atoms with Crippen LogP contribution in [0.5, 0.6) is 0 Å². The zero-order chi connectivity index (χ0) is 8.31. The zero-order valence-electron chi connectivity index (χ0n) is 5.53. The van der Waals surface area contributed by atoms with E-state index in [9.17, 15) is 20.0 Å². The average Bonchev–Trinajstić information content (AvgIpc) is 1.84. The minimum Gasteiger partial charge on any atom is -0.737 e. The molecule has 0 aliphatic heterocycles. The highest BCUT2D eigenvalue weighted by molar-refractivity contribution is 5.79. The standard InChI is InChI=1S/C4H6N2O4/c1-3(7)5(9)6(10)4(2)8/h1-2H3/q-2. The molecule has 0 aliphatic carbocycles. The van der Waals surface area contributed by atoms with Crippen molar-refractivity contribution >= 4 is 11.8 Å². The molecule has 0 bridgehead atoms. The maximum atomic E-state index is 10.2. The lowest BCUT2D eigenvalue weighted by atomic mass is 10.7. The van der Waals surface area contributed by atoms with Gasteiger partial charge in [0.2, 0.25) is 11.8 Å². The fraction of sp³-hybridized carbons (Fsp3) is 0.500. The molecule has 0 aromatic rings. The highest BCUT2D eigenvalue weighted by Gasteiger charge is 2.00. The number of hydroxylamine groups is 2. The number of nitrogens with zero attached hydrogens (tertiary/aromatic N) is 2. The molecule has 58 valence electrons. The Kier molecular flexibility index (Phi) is 2.78. The highest BCUT2D eigenvalue weighted by Crippen LogP contribution is 1.93. The van der Waals surface area contributed by atoms with E-state index in [-0.39, 0.29) is 0 Å². The third-order valence-corrected chi connectivity index (χ3v) is 0.704. The molecule has 6 heteroatoms. The van der Waals surface area contributed by atoms with Crippen molar-refractivity contribution in [3.63, 3.8) is 0 Å². The molecule has 0 aromatic carbocycles.